The molecule has 184 valence electrons. The van der Waals surface area contributed by atoms with Crippen molar-refractivity contribution in [2.75, 3.05) is 36.9 Å². The predicted molar refractivity (Wildman–Crippen MR) is 125 cm³/mol. The number of rotatable bonds is 9. The molecule has 0 atom stereocenters. The van der Waals surface area contributed by atoms with E-state index in [1.807, 2.05) is 24.3 Å². The summed E-state index contributed by atoms with van der Waals surface area (Å²) in [6.45, 7) is 6.70. The molecule has 0 bridgehead atoms. The van der Waals surface area contributed by atoms with E-state index in [4.69, 9.17) is 18.9 Å². The molecule has 0 spiro atoms. The van der Waals surface area contributed by atoms with Crippen molar-refractivity contribution in [1.82, 2.24) is 14.9 Å². The zero-order chi connectivity index (χ0) is 25.1. The number of likely N-dealkylation sites (tertiary alicyclic amines) is 1. The summed E-state index contributed by atoms with van der Waals surface area (Å²) < 4.78 is 21.6. The van der Waals surface area contributed by atoms with Crippen molar-refractivity contribution in [3.8, 4) is 0 Å². The number of nitrogens with zero attached hydrogens (tertiary/aromatic N) is 5. The standard InChI is InChI=1S/C21H28N6O4.O2S/c1-3-31-18(28)14-26(21-19(27(29)30)20(22)23-15(2)24-21)13-17-8-6-16(7-9-17)12-25-10-4-5-11-25;1-3-2/h6-9H,3-5,10-14H2,1-2H3,(H2,22,23,24);. The second kappa shape index (κ2) is 13.3. The molecule has 0 unspecified atom stereocenters. The molecule has 2 N–H and O–H groups in total. The molecule has 13 heteroatoms. The first-order chi connectivity index (χ1) is 16.3. The number of esters is 1. The van der Waals surface area contributed by atoms with Gasteiger partial charge in [-0.2, -0.15) is 8.42 Å². The smallest absolute Gasteiger partial charge is 0.353 e. The SMILES string of the molecule is CCOC(=O)CN(Cc1ccc(CN2CCCC2)cc1)c1nc(C)nc(N)c1[N+](=O)[O-].O=S=O. The first kappa shape index (κ1) is 26.8. The Kier molecular flexibility index (Phi) is 10.5. The second-order valence-electron chi connectivity index (χ2n) is 7.61. The van der Waals surface area contributed by atoms with Crippen LogP contribution in [-0.2, 0) is 34.2 Å². The number of anilines is 2. The van der Waals surface area contributed by atoms with Crippen LogP contribution < -0.4 is 10.6 Å². The summed E-state index contributed by atoms with van der Waals surface area (Å²) in [5.74, 6) is -0.447. The summed E-state index contributed by atoms with van der Waals surface area (Å²) in [7, 11) is 0. The lowest BCUT2D eigenvalue weighted by Crippen LogP contribution is -2.32. The average molecular weight is 493 g/mol. The van der Waals surface area contributed by atoms with Crippen molar-refractivity contribution in [3.63, 3.8) is 0 Å². The van der Waals surface area contributed by atoms with Crippen molar-refractivity contribution >= 4 is 34.9 Å². The minimum atomic E-state index is -0.750. The molecule has 1 saturated heterocycles. The van der Waals surface area contributed by atoms with E-state index in [0.29, 0.717) is 0 Å². The second-order valence-corrected chi connectivity index (χ2v) is 7.75. The highest BCUT2D eigenvalue weighted by Gasteiger charge is 2.28. The lowest BCUT2D eigenvalue weighted by molar-refractivity contribution is -0.383. The lowest BCUT2D eigenvalue weighted by atomic mass is 10.1. The Morgan fingerprint density at radius 1 is 1.21 bits per heavy atom. The molecule has 1 aromatic carbocycles. The molecule has 12 nitrogen and oxygen atoms in total. The van der Waals surface area contributed by atoms with Crippen molar-refractivity contribution in [1.29, 1.82) is 0 Å². The minimum Gasteiger partial charge on any atom is -0.465 e. The van der Waals surface area contributed by atoms with Crippen LogP contribution in [0.15, 0.2) is 24.3 Å². The zero-order valence-corrected chi connectivity index (χ0v) is 20.0. The van der Waals surface area contributed by atoms with Crippen molar-refractivity contribution in [2.45, 2.75) is 39.8 Å². The lowest BCUT2D eigenvalue weighted by Gasteiger charge is -2.23. The summed E-state index contributed by atoms with van der Waals surface area (Å²) in [5.41, 5.74) is 7.48. The molecule has 0 saturated carbocycles. The summed E-state index contributed by atoms with van der Waals surface area (Å²) in [5, 5.41) is 11.6. The maximum Gasteiger partial charge on any atom is 0.353 e. The van der Waals surface area contributed by atoms with Gasteiger partial charge in [0, 0.05) is 13.1 Å². The number of benzene rings is 1. The monoisotopic (exact) mass is 492 g/mol. The van der Waals surface area contributed by atoms with E-state index in [1.54, 1.807) is 13.8 Å². The van der Waals surface area contributed by atoms with Gasteiger partial charge in [-0.25, -0.2) is 9.97 Å². The number of hydrogen-bond donors (Lipinski definition) is 1. The fourth-order valence-corrected chi connectivity index (χ4v) is 3.71. The normalized spacial score (nSPS) is 13.0. The molecule has 2 heterocycles. The Bertz CT molecular complexity index is 1020. The van der Waals surface area contributed by atoms with Gasteiger partial charge in [0.15, 0.2) is 0 Å². The van der Waals surface area contributed by atoms with E-state index in [1.165, 1.54) is 23.3 Å². The maximum atomic E-state index is 12.2. The molecule has 0 aliphatic carbocycles. The third-order valence-corrected chi connectivity index (χ3v) is 5.11. The van der Waals surface area contributed by atoms with Crippen LogP contribution >= 0.6 is 0 Å². The maximum absolute atomic E-state index is 12.2. The summed E-state index contributed by atoms with van der Waals surface area (Å²) in [4.78, 5) is 35.3. The zero-order valence-electron chi connectivity index (χ0n) is 19.1. The highest BCUT2D eigenvalue weighted by molar-refractivity contribution is 7.51. The highest BCUT2D eigenvalue weighted by atomic mass is 32.1. The Balaban J connectivity index is 0.00000129. The third-order valence-electron chi connectivity index (χ3n) is 5.11. The van der Waals surface area contributed by atoms with Crippen LogP contribution in [0, 0.1) is 17.0 Å². The largest absolute Gasteiger partial charge is 0.465 e. The number of aryl methyl sites for hydroxylation is 1. The van der Waals surface area contributed by atoms with Gasteiger partial charge in [0.25, 0.3) is 0 Å². The molecule has 0 radical (unpaired) electrons. The van der Waals surface area contributed by atoms with Crippen LogP contribution in [0.1, 0.15) is 36.7 Å². The molecule has 0 amide bonds. The van der Waals surface area contributed by atoms with Crippen LogP contribution in [-0.4, -0.2) is 60.4 Å². The average Bonchev–Trinajstić information content (AvgIpc) is 3.27. The number of nitro groups is 1. The first-order valence-corrected chi connectivity index (χ1v) is 11.4. The van der Waals surface area contributed by atoms with Gasteiger partial charge >= 0.3 is 23.2 Å². The summed E-state index contributed by atoms with van der Waals surface area (Å²) >= 11 is -0.750. The van der Waals surface area contributed by atoms with Gasteiger partial charge < -0.3 is 15.4 Å². The van der Waals surface area contributed by atoms with Crippen molar-refractivity contribution in [2.24, 2.45) is 0 Å². The summed E-state index contributed by atoms with van der Waals surface area (Å²) in [6.07, 6.45) is 2.47. The van der Waals surface area contributed by atoms with Gasteiger partial charge in [0.2, 0.25) is 11.6 Å². The van der Waals surface area contributed by atoms with Crippen LogP contribution in [0.4, 0.5) is 17.3 Å². The topological polar surface area (TPSA) is 162 Å². The Labute approximate surface area is 200 Å². The van der Waals surface area contributed by atoms with Crippen LogP contribution in [0.5, 0.6) is 0 Å². The van der Waals surface area contributed by atoms with Gasteiger partial charge in [0.05, 0.1) is 11.5 Å². The van der Waals surface area contributed by atoms with Crippen molar-refractivity contribution < 1.29 is 22.9 Å². The molecule has 1 fully saturated rings. The van der Waals surface area contributed by atoms with Crippen LogP contribution in [0.2, 0.25) is 0 Å². The number of aromatic nitrogens is 2. The van der Waals surface area contributed by atoms with Gasteiger partial charge in [-0.1, -0.05) is 24.3 Å². The van der Waals surface area contributed by atoms with Gasteiger partial charge in [-0.3, -0.25) is 19.8 Å². The first-order valence-electron chi connectivity index (χ1n) is 10.7. The molecule has 2 aromatic rings. The molecule has 1 aliphatic heterocycles. The van der Waals surface area contributed by atoms with Gasteiger partial charge in [-0.15, -0.1) is 0 Å². The Morgan fingerprint density at radius 2 is 1.79 bits per heavy atom. The molecular formula is C21H28N6O6S. The highest BCUT2D eigenvalue weighted by Crippen LogP contribution is 2.31. The van der Waals surface area contributed by atoms with Gasteiger partial charge in [-0.05, 0) is 50.9 Å². The quantitative estimate of drug-likeness (QED) is 0.308. The minimum absolute atomic E-state index is 0.00389. The number of nitrogens with two attached hydrogens (primary N) is 1. The number of nitrogen functional groups attached to an aromatic ring is 1. The molecule has 1 aromatic heterocycles. The van der Waals surface area contributed by atoms with E-state index in [0.717, 1.165) is 25.2 Å². The number of carbonyl (C=O) groups excluding carboxylic acids is 1. The van der Waals surface area contributed by atoms with E-state index < -0.39 is 28.2 Å². The molecular weight excluding hydrogens is 464 g/mol. The Hall–Kier alpha value is -3.45. The third kappa shape index (κ3) is 7.85. The molecule has 34 heavy (non-hydrogen) atoms. The van der Waals surface area contributed by atoms with Crippen LogP contribution in [0.25, 0.3) is 0 Å². The number of ether oxygens (including phenoxy) is 1. The molecule has 1 aliphatic rings. The van der Waals surface area contributed by atoms with E-state index in [2.05, 4.69) is 14.9 Å². The summed E-state index contributed by atoms with van der Waals surface area (Å²) in [6, 6.07) is 8.02. The van der Waals surface area contributed by atoms with E-state index in [-0.39, 0.29) is 37.2 Å². The fourth-order valence-electron chi connectivity index (χ4n) is 3.71. The fraction of sp³-hybridized carbons (Fsp3) is 0.476. The van der Waals surface area contributed by atoms with Gasteiger partial charge in [0.1, 0.15) is 12.4 Å². The number of hydrogen-bond acceptors (Lipinski definition) is 11. The Morgan fingerprint density at radius 3 is 2.35 bits per heavy atom. The molecule has 3 rings (SSSR count). The van der Waals surface area contributed by atoms with Crippen LogP contribution in [0.3, 0.4) is 0 Å². The van der Waals surface area contributed by atoms with E-state index >= 15 is 0 Å². The van der Waals surface area contributed by atoms with Crippen molar-refractivity contribution in [3.05, 3.63) is 51.3 Å². The van der Waals surface area contributed by atoms with E-state index in [9.17, 15) is 14.9 Å². The predicted octanol–water partition coefficient (Wildman–Crippen LogP) is 1.77. The number of carbonyl (C=O) groups is 1.